The van der Waals surface area contributed by atoms with Crippen LogP contribution in [0.4, 0.5) is 0 Å². The fraction of sp³-hybridized carbons (Fsp3) is 0. The summed E-state index contributed by atoms with van der Waals surface area (Å²) < 4.78 is 12.7. The van der Waals surface area contributed by atoms with Gasteiger partial charge in [-0.1, -0.05) is 115 Å². The van der Waals surface area contributed by atoms with Gasteiger partial charge in [-0.05, 0) is 70.8 Å². The van der Waals surface area contributed by atoms with Gasteiger partial charge in [0.1, 0.15) is 22.3 Å². The lowest BCUT2D eigenvalue weighted by Gasteiger charge is -2.12. The first-order valence-electron chi connectivity index (χ1n) is 16.6. The average molecular weight is 642 g/mol. The van der Waals surface area contributed by atoms with Gasteiger partial charge in [0.25, 0.3) is 0 Å². The number of nitrogens with zero attached hydrogens (tertiary/aromatic N) is 3. The standard InChI is InChI=1S/C45H27N3O2/c1-4-12-28(13-5-1)32-24-33(29-14-6-2-7-15-29)26-34(25-32)45-47-43(30-16-8-3-9-17-30)46-44(48-45)31-20-21-36-40(27-31)50-39-23-22-38-41(42(36)39)35-18-10-11-19-37(35)49-38/h1-27H. The van der Waals surface area contributed by atoms with Crippen LogP contribution in [0, 0.1) is 0 Å². The zero-order chi connectivity index (χ0) is 33.0. The third-order valence-corrected chi connectivity index (χ3v) is 9.31. The topological polar surface area (TPSA) is 65.0 Å². The van der Waals surface area contributed by atoms with Gasteiger partial charge in [-0.3, -0.25) is 0 Å². The molecule has 0 amide bonds. The van der Waals surface area contributed by atoms with E-state index in [4.69, 9.17) is 23.8 Å². The number of rotatable bonds is 5. The maximum Gasteiger partial charge on any atom is 0.164 e. The minimum atomic E-state index is 0.571. The zero-order valence-electron chi connectivity index (χ0n) is 26.7. The molecule has 234 valence electrons. The molecule has 0 saturated heterocycles. The Morgan fingerprint density at radius 1 is 0.280 bits per heavy atom. The summed E-state index contributed by atoms with van der Waals surface area (Å²) in [5.74, 6) is 1.77. The molecule has 0 unspecified atom stereocenters. The van der Waals surface area contributed by atoms with E-state index in [1.54, 1.807) is 0 Å². The Morgan fingerprint density at radius 2 is 0.740 bits per heavy atom. The van der Waals surface area contributed by atoms with Crippen LogP contribution >= 0.6 is 0 Å². The third-order valence-electron chi connectivity index (χ3n) is 9.31. The Labute approximate surface area is 287 Å². The first-order chi connectivity index (χ1) is 24.7. The minimum Gasteiger partial charge on any atom is -0.456 e. The predicted octanol–water partition coefficient (Wildman–Crippen LogP) is 12.0. The molecule has 0 bridgehead atoms. The Hall–Kier alpha value is -6.85. The highest BCUT2D eigenvalue weighted by Gasteiger charge is 2.19. The summed E-state index contributed by atoms with van der Waals surface area (Å²) >= 11 is 0. The van der Waals surface area contributed by atoms with Gasteiger partial charge < -0.3 is 8.83 Å². The highest BCUT2D eigenvalue weighted by molar-refractivity contribution is 6.25. The predicted molar refractivity (Wildman–Crippen MR) is 202 cm³/mol. The van der Waals surface area contributed by atoms with E-state index >= 15 is 0 Å². The molecule has 0 spiro atoms. The van der Waals surface area contributed by atoms with Crippen LogP contribution in [0.5, 0.6) is 0 Å². The van der Waals surface area contributed by atoms with E-state index < -0.39 is 0 Å². The average Bonchev–Trinajstić information content (AvgIpc) is 3.76. The summed E-state index contributed by atoms with van der Waals surface area (Å²) in [4.78, 5) is 15.2. The van der Waals surface area contributed by atoms with Gasteiger partial charge in [0.15, 0.2) is 17.5 Å². The lowest BCUT2D eigenvalue weighted by atomic mass is 9.96. The molecule has 50 heavy (non-hydrogen) atoms. The molecule has 0 aliphatic carbocycles. The molecule has 0 aliphatic rings. The van der Waals surface area contributed by atoms with Gasteiger partial charge in [0.2, 0.25) is 0 Å². The molecule has 0 radical (unpaired) electrons. The maximum atomic E-state index is 6.49. The number of para-hydroxylation sites is 1. The van der Waals surface area contributed by atoms with Crippen molar-refractivity contribution in [3.05, 3.63) is 164 Å². The van der Waals surface area contributed by atoms with Crippen LogP contribution in [-0.2, 0) is 0 Å². The smallest absolute Gasteiger partial charge is 0.164 e. The molecule has 0 fully saturated rings. The second-order valence-electron chi connectivity index (χ2n) is 12.4. The molecule has 0 atom stereocenters. The molecule has 0 N–H and O–H groups in total. The zero-order valence-corrected chi connectivity index (χ0v) is 26.7. The Kier molecular flexibility index (Phi) is 6.42. The summed E-state index contributed by atoms with van der Waals surface area (Å²) in [6.07, 6.45) is 0. The quantitative estimate of drug-likeness (QED) is 0.187. The number of furan rings is 2. The second kappa shape index (κ2) is 11.4. The Bertz CT molecular complexity index is 2800. The van der Waals surface area contributed by atoms with Crippen molar-refractivity contribution >= 4 is 43.9 Å². The fourth-order valence-corrected chi connectivity index (χ4v) is 6.92. The van der Waals surface area contributed by atoms with Gasteiger partial charge >= 0.3 is 0 Å². The monoisotopic (exact) mass is 641 g/mol. The van der Waals surface area contributed by atoms with E-state index in [0.29, 0.717) is 17.5 Å². The molecule has 3 heterocycles. The van der Waals surface area contributed by atoms with E-state index in [-0.39, 0.29) is 0 Å². The fourth-order valence-electron chi connectivity index (χ4n) is 6.92. The van der Waals surface area contributed by atoms with Gasteiger partial charge in [-0.2, -0.15) is 0 Å². The Balaban J connectivity index is 1.18. The van der Waals surface area contributed by atoms with Gasteiger partial charge in [-0.15, -0.1) is 0 Å². The molecule has 10 rings (SSSR count). The van der Waals surface area contributed by atoms with E-state index in [1.807, 2.05) is 78.9 Å². The van der Waals surface area contributed by atoms with Gasteiger partial charge in [0.05, 0.1) is 0 Å². The van der Waals surface area contributed by atoms with Gasteiger partial charge in [0, 0.05) is 38.2 Å². The van der Waals surface area contributed by atoms with Crippen molar-refractivity contribution in [3.63, 3.8) is 0 Å². The highest BCUT2D eigenvalue weighted by Crippen LogP contribution is 2.41. The van der Waals surface area contributed by atoms with Gasteiger partial charge in [-0.25, -0.2) is 15.0 Å². The lowest BCUT2D eigenvalue weighted by molar-refractivity contribution is 0.663. The van der Waals surface area contributed by atoms with Crippen LogP contribution in [0.15, 0.2) is 173 Å². The van der Waals surface area contributed by atoms with Crippen molar-refractivity contribution in [1.29, 1.82) is 0 Å². The molecule has 0 aliphatic heterocycles. The summed E-state index contributed by atoms with van der Waals surface area (Å²) in [5, 5.41) is 4.19. The SMILES string of the molecule is c1ccc(-c2cc(-c3ccccc3)cc(-c3nc(-c4ccccc4)nc(-c4ccc5c(c4)oc4ccc6oc7ccccc7c6c45)n3)c2)cc1. The first-order valence-corrected chi connectivity index (χ1v) is 16.6. The summed E-state index contributed by atoms with van der Waals surface area (Å²) in [6, 6.07) is 55.8. The second-order valence-corrected chi connectivity index (χ2v) is 12.4. The van der Waals surface area contributed by atoms with Crippen molar-refractivity contribution in [1.82, 2.24) is 15.0 Å². The van der Waals surface area contributed by atoms with E-state index in [9.17, 15) is 0 Å². The van der Waals surface area contributed by atoms with Crippen molar-refractivity contribution < 1.29 is 8.83 Å². The molecule has 3 aromatic heterocycles. The van der Waals surface area contributed by atoms with Crippen molar-refractivity contribution in [2.45, 2.75) is 0 Å². The normalized spacial score (nSPS) is 11.6. The van der Waals surface area contributed by atoms with Crippen LogP contribution in [-0.4, -0.2) is 15.0 Å². The number of hydrogen-bond acceptors (Lipinski definition) is 5. The van der Waals surface area contributed by atoms with Crippen molar-refractivity contribution in [3.8, 4) is 56.4 Å². The molecule has 5 nitrogen and oxygen atoms in total. The van der Waals surface area contributed by atoms with Crippen molar-refractivity contribution in [2.24, 2.45) is 0 Å². The van der Waals surface area contributed by atoms with Crippen LogP contribution in [0.25, 0.3) is 100 Å². The molecule has 7 aromatic carbocycles. The van der Waals surface area contributed by atoms with E-state index in [0.717, 1.165) is 82.8 Å². The molecule has 0 saturated carbocycles. The molecular formula is C45H27N3O2. The number of hydrogen-bond donors (Lipinski definition) is 0. The molecular weight excluding hydrogens is 615 g/mol. The highest BCUT2D eigenvalue weighted by atomic mass is 16.3. The van der Waals surface area contributed by atoms with Crippen LogP contribution in [0.2, 0.25) is 0 Å². The van der Waals surface area contributed by atoms with E-state index in [1.165, 1.54) is 0 Å². The number of benzene rings is 7. The summed E-state index contributed by atoms with van der Waals surface area (Å²) in [6.45, 7) is 0. The first kappa shape index (κ1) is 28.2. The Morgan fingerprint density at radius 3 is 1.36 bits per heavy atom. The number of aromatic nitrogens is 3. The van der Waals surface area contributed by atoms with Crippen LogP contribution in [0.3, 0.4) is 0 Å². The van der Waals surface area contributed by atoms with Crippen LogP contribution in [0.1, 0.15) is 0 Å². The molecule has 10 aromatic rings. The van der Waals surface area contributed by atoms with E-state index in [2.05, 4.69) is 84.9 Å². The largest absolute Gasteiger partial charge is 0.456 e. The van der Waals surface area contributed by atoms with Crippen molar-refractivity contribution in [2.75, 3.05) is 0 Å². The lowest BCUT2D eigenvalue weighted by Crippen LogP contribution is -2.00. The summed E-state index contributed by atoms with van der Waals surface area (Å²) in [7, 11) is 0. The molecule has 5 heteroatoms. The third kappa shape index (κ3) is 4.75. The minimum absolute atomic E-state index is 0.571. The van der Waals surface area contributed by atoms with Crippen LogP contribution < -0.4 is 0 Å². The maximum absolute atomic E-state index is 6.49. The number of fused-ring (bicyclic) bond motifs is 7. The summed E-state index contributed by atoms with van der Waals surface area (Å²) in [5.41, 5.74) is 10.4.